The van der Waals surface area contributed by atoms with Gasteiger partial charge in [-0.15, -0.1) is 0 Å². The normalized spacial score (nSPS) is 18.8. The van der Waals surface area contributed by atoms with Crippen LogP contribution in [0.3, 0.4) is 0 Å². The van der Waals surface area contributed by atoms with Gasteiger partial charge in [0.25, 0.3) is 0 Å². The van der Waals surface area contributed by atoms with Gasteiger partial charge in [-0.25, -0.2) is 15.0 Å². The van der Waals surface area contributed by atoms with E-state index in [0.717, 1.165) is 57.8 Å². The standard InChI is InChI=1S/C16H17ClN4O2.C16H19ClN4O2.C16H17ClN4O2/c17-10-4-6-13(7-5-10)23-14-9-19-16(18)21-15(14)20-11-2-1-3-12(22)8-11;2*17-10-5-7-11(8-6-10)23-14-9-19-16(18)21-15(14)20-12-3-1-2-4-13(12)22/h4-7,9,11H,1-3,8H2,(H3,18,19,20,21);5-9,12-13,22H,1-4H2,(H3,18,19,20,21);5-9,12H,1-4H2,(H3,18,19,20,21)/t;12-,13+;/m.1./s1. The number of nitrogens with one attached hydrogen (secondary N) is 3. The van der Waals surface area contributed by atoms with Crippen LogP contribution >= 0.6 is 34.8 Å². The summed E-state index contributed by atoms with van der Waals surface area (Å²) in [6.07, 6.45) is 14.2. The van der Waals surface area contributed by atoms with Gasteiger partial charge in [0.15, 0.2) is 40.5 Å². The Morgan fingerprint density at radius 1 is 0.522 bits per heavy atom. The van der Waals surface area contributed by atoms with Crippen LogP contribution in [0.25, 0.3) is 0 Å². The molecule has 10 N–H and O–H groups in total. The number of hydrogen-bond acceptors (Lipinski definition) is 18. The number of aromatic nitrogens is 6. The Labute approximate surface area is 414 Å². The molecule has 3 fully saturated rings. The lowest BCUT2D eigenvalue weighted by Crippen LogP contribution is -2.36. The van der Waals surface area contributed by atoms with E-state index in [1.165, 1.54) is 18.6 Å². The Morgan fingerprint density at radius 2 is 0.957 bits per heavy atom. The van der Waals surface area contributed by atoms with Gasteiger partial charge in [-0.3, -0.25) is 9.59 Å². The lowest BCUT2D eigenvalue weighted by molar-refractivity contribution is -0.121. The van der Waals surface area contributed by atoms with E-state index >= 15 is 0 Å². The summed E-state index contributed by atoms with van der Waals surface area (Å²) in [4.78, 5) is 48.1. The van der Waals surface area contributed by atoms with E-state index in [0.29, 0.717) is 86.3 Å². The number of ether oxygens (including phenoxy) is 3. The lowest BCUT2D eigenvalue weighted by Gasteiger charge is -2.29. The summed E-state index contributed by atoms with van der Waals surface area (Å²) in [5.41, 5.74) is 17.0. The zero-order valence-electron chi connectivity index (χ0n) is 37.5. The maximum Gasteiger partial charge on any atom is 0.222 e. The van der Waals surface area contributed by atoms with Crippen molar-refractivity contribution in [3.05, 3.63) is 106 Å². The van der Waals surface area contributed by atoms with E-state index in [-0.39, 0.29) is 47.5 Å². The number of aliphatic hydroxyl groups excluding tert-OH is 1. The molecule has 0 saturated heterocycles. The van der Waals surface area contributed by atoms with Crippen molar-refractivity contribution in [2.45, 2.75) is 101 Å². The molecule has 3 aromatic carbocycles. The lowest BCUT2D eigenvalue weighted by atomic mass is 9.92. The van der Waals surface area contributed by atoms with Gasteiger partial charge in [-0.1, -0.05) is 54.1 Å². The van der Waals surface area contributed by atoms with Crippen molar-refractivity contribution >= 4 is 81.7 Å². The predicted molar refractivity (Wildman–Crippen MR) is 268 cm³/mol. The highest BCUT2D eigenvalue weighted by atomic mass is 35.5. The number of ketones is 2. The van der Waals surface area contributed by atoms with Crippen molar-refractivity contribution in [3.8, 4) is 34.5 Å². The van der Waals surface area contributed by atoms with Crippen molar-refractivity contribution in [2.75, 3.05) is 33.2 Å². The highest BCUT2D eigenvalue weighted by Gasteiger charge is 2.26. The second-order valence-corrected chi connectivity index (χ2v) is 17.8. The number of carbonyl (C=O) groups excluding carboxylic acids is 2. The first kappa shape index (κ1) is 50.2. The third kappa shape index (κ3) is 15.4. The number of anilines is 6. The number of halogens is 3. The van der Waals surface area contributed by atoms with Crippen LogP contribution in [-0.2, 0) is 9.59 Å². The van der Waals surface area contributed by atoms with Crippen molar-refractivity contribution < 1.29 is 28.9 Å². The Hall–Kier alpha value is -6.73. The fourth-order valence-corrected chi connectivity index (χ4v) is 8.05. The summed E-state index contributed by atoms with van der Waals surface area (Å²) in [5, 5.41) is 21.6. The molecule has 2 unspecified atom stereocenters. The zero-order valence-corrected chi connectivity index (χ0v) is 39.8. The predicted octanol–water partition coefficient (Wildman–Crippen LogP) is 10.1. The first-order valence-electron chi connectivity index (χ1n) is 22.5. The molecule has 0 spiro atoms. The molecule has 6 aromatic rings. The van der Waals surface area contributed by atoms with E-state index in [2.05, 4.69) is 45.9 Å². The van der Waals surface area contributed by atoms with Crippen LogP contribution in [0.15, 0.2) is 91.4 Å². The van der Waals surface area contributed by atoms with Crippen LogP contribution in [0.4, 0.5) is 35.3 Å². The summed E-state index contributed by atoms with van der Waals surface area (Å²) in [6, 6.07) is 20.7. The van der Waals surface area contributed by atoms with Crippen LogP contribution < -0.4 is 47.4 Å². The third-order valence-corrected chi connectivity index (χ3v) is 11.9. The maximum absolute atomic E-state index is 12.0. The van der Waals surface area contributed by atoms with E-state index in [1.807, 2.05) is 0 Å². The molecule has 3 aromatic heterocycles. The first-order valence-corrected chi connectivity index (χ1v) is 23.7. The van der Waals surface area contributed by atoms with Gasteiger partial charge >= 0.3 is 0 Å². The molecule has 0 radical (unpaired) electrons. The fraction of sp³-hybridized carbons (Fsp3) is 0.333. The minimum absolute atomic E-state index is 0.0399. The van der Waals surface area contributed by atoms with Crippen LogP contribution in [0.1, 0.15) is 77.0 Å². The average molecular weight is 1000 g/mol. The number of benzene rings is 3. The summed E-state index contributed by atoms with van der Waals surface area (Å²) in [7, 11) is 0. The molecule has 0 aliphatic heterocycles. The van der Waals surface area contributed by atoms with E-state index in [4.69, 9.17) is 66.2 Å². The molecule has 9 rings (SSSR count). The van der Waals surface area contributed by atoms with Crippen molar-refractivity contribution in [1.82, 2.24) is 29.9 Å². The summed E-state index contributed by atoms with van der Waals surface area (Å²) in [5.74, 6) is 5.44. The highest BCUT2D eigenvalue weighted by Crippen LogP contribution is 2.34. The van der Waals surface area contributed by atoms with Crippen molar-refractivity contribution in [2.24, 2.45) is 0 Å². The molecule has 3 saturated carbocycles. The van der Waals surface area contributed by atoms with Gasteiger partial charge in [0.05, 0.1) is 36.8 Å². The smallest absolute Gasteiger partial charge is 0.222 e. The number of hydrogen-bond donors (Lipinski definition) is 7. The van der Waals surface area contributed by atoms with E-state index in [1.54, 1.807) is 72.8 Å². The number of Topliss-reactive ketones (excluding diaryl/α,β-unsaturated/α-hetero) is 2. The van der Waals surface area contributed by atoms with Gasteiger partial charge in [-0.05, 0) is 111 Å². The molecule has 3 aliphatic carbocycles. The fourth-order valence-electron chi connectivity index (χ4n) is 7.67. The minimum Gasteiger partial charge on any atom is -0.452 e. The van der Waals surface area contributed by atoms with Crippen LogP contribution in [0, 0.1) is 0 Å². The van der Waals surface area contributed by atoms with Gasteiger partial charge in [0.2, 0.25) is 17.8 Å². The quantitative estimate of drug-likeness (QED) is 0.0600. The van der Waals surface area contributed by atoms with Gasteiger partial charge in [0, 0.05) is 40.4 Å². The van der Waals surface area contributed by atoms with Gasteiger partial charge in [0.1, 0.15) is 23.0 Å². The summed E-state index contributed by atoms with van der Waals surface area (Å²) < 4.78 is 17.4. The topological polar surface area (TPSA) is 274 Å². The molecule has 18 nitrogen and oxygen atoms in total. The molecule has 3 heterocycles. The third-order valence-electron chi connectivity index (χ3n) is 11.2. The minimum atomic E-state index is -0.400. The average Bonchev–Trinajstić information content (AvgIpc) is 3.33. The number of nitrogens with two attached hydrogens (primary N) is 3. The van der Waals surface area contributed by atoms with E-state index < -0.39 is 6.10 Å². The second kappa shape index (κ2) is 24.5. The van der Waals surface area contributed by atoms with Crippen LogP contribution in [-0.4, -0.2) is 70.8 Å². The summed E-state index contributed by atoms with van der Waals surface area (Å²) >= 11 is 17.6. The highest BCUT2D eigenvalue weighted by molar-refractivity contribution is 6.31. The molecule has 0 bridgehead atoms. The number of aliphatic hydroxyl groups is 1. The Kier molecular flexibility index (Phi) is 17.8. The molecule has 0 amide bonds. The van der Waals surface area contributed by atoms with Crippen LogP contribution in [0.5, 0.6) is 34.5 Å². The maximum atomic E-state index is 12.0. The SMILES string of the molecule is Nc1ncc(Oc2ccc(Cl)cc2)c(NC2CCCC(=O)C2)n1.Nc1ncc(Oc2ccc(Cl)cc2)c(NC2CCCCC2=O)n1.Nc1ncc(Oc2ccc(Cl)cc2)c(N[C@@H]2CCCC[C@@H]2O)n1. The van der Waals surface area contributed by atoms with Crippen molar-refractivity contribution in [1.29, 1.82) is 0 Å². The molecule has 21 heteroatoms. The molecule has 4 atom stereocenters. The summed E-state index contributed by atoms with van der Waals surface area (Å²) in [6.45, 7) is 0. The monoisotopic (exact) mass is 998 g/mol. The van der Waals surface area contributed by atoms with Gasteiger partial charge in [-0.2, -0.15) is 15.0 Å². The van der Waals surface area contributed by atoms with Crippen LogP contribution in [0.2, 0.25) is 15.1 Å². The first-order chi connectivity index (χ1) is 33.3. The Bertz CT molecular complexity index is 2650. The Morgan fingerprint density at radius 3 is 1.41 bits per heavy atom. The van der Waals surface area contributed by atoms with E-state index in [9.17, 15) is 14.7 Å². The number of nitrogens with zero attached hydrogens (tertiary/aromatic N) is 6. The zero-order chi connectivity index (χ0) is 48.7. The largest absolute Gasteiger partial charge is 0.452 e. The van der Waals surface area contributed by atoms with Gasteiger partial charge < -0.3 is 52.5 Å². The molecule has 362 valence electrons. The number of nitrogen functional groups attached to an aromatic ring is 3. The number of rotatable bonds is 12. The van der Waals surface area contributed by atoms with Crippen molar-refractivity contribution in [3.63, 3.8) is 0 Å². The Balaban J connectivity index is 0.000000153. The number of carbonyl (C=O) groups is 2. The molecular formula is C48H53Cl3N12O6. The molecule has 69 heavy (non-hydrogen) atoms. The second-order valence-electron chi connectivity index (χ2n) is 16.5. The molecule has 3 aliphatic rings. The molecular weight excluding hydrogens is 947 g/mol.